The number of amides is 3. The lowest BCUT2D eigenvalue weighted by molar-refractivity contribution is -0.143. The summed E-state index contributed by atoms with van der Waals surface area (Å²) in [5.41, 5.74) is 2.29. The van der Waals surface area contributed by atoms with Gasteiger partial charge in [0.15, 0.2) is 0 Å². The van der Waals surface area contributed by atoms with Crippen LogP contribution in [0.15, 0.2) is 18.2 Å². The number of carbonyl (C=O) groups excluding carboxylic acids is 3. The molecule has 0 bridgehead atoms. The van der Waals surface area contributed by atoms with Crippen LogP contribution in [-0.2, 0) is 14.3 Å². The van der Waals surface area contributed by atoms with Gasteiger partial charge in [0.05, 0.1) is 0 Å². The molecule has 7 heteroatoms. The molecule has 1 aliphatic rings. The molecule has 2 rings (SSSR count). The van der Waals surface area contributed by atoms with Crippen LogP contribution in [0, 0.1) is 19.8 Å². The van der Waals surface area contributed by atoms with Crippen molar-refractivity contribution in [2.24, 2.45) is 5.92 Å². The van der Waals surface area contributed by atoms with Crippen molar-refractivity contribution in [1.29, 1.82) is 0 Å². The van der Waals surface area contributed by atoms with Gasteiger partial charge in [-0.1, -0.05) is 57.7 Å². The number of nitrogens with one attached hydrogen (secondary N) is 2. The Morgan fingerprint density at radius 2 is 1.69 bits per heavy atom. The van der Waals surface area contributed by atoms with Crippen LogP contribution in [0.1, 0.15) is 103 Å². The lowest BCUT2D eigenvalue weighted by Gasteiger charge is -2.36. The van der Waals surface area contributed by atoms with Crippen molar-refractivity contribution >= 4 is 17.9 Å². The predicted molar refractivity (Wildman–Crippen MR) is 144 cm³/mol. The van der Waals surface area contributed by atoms with Crippen LogP contribution in [0.25, 0.3) is 0 Å². The van der Waals surface area contributed by atoms with Gasteiger partial charge in [-0.2, -0.15) is 0 Å². The van der Waals surface area contributed by atoms with Gasteiger partial charge in [0.2, 0.25) is 11.8 Å². The number of aryl methyl sites for hydroxylation is 2. The summed E-state index contributed by atoms with van der Waals surface area (Å²) in [5.74, 6) is -0.582. The number of benzene rings is 1. The lowest BCUT2D eigenvalue weighted by atomic mass is 9.93. The number of carbonyl (C=O) groups is 3. The van der Waals surface area contributed by atoms with Crippen molar-refractivity contribution in [2.75, 3.05) is 6.54 Å². The number of hydrogen-bond acceptors (Lipinski definition) is 4. The zero-order valence-electron chi connectivity index (χ0n) is 23.6. The van der Waals surface area contributed by atoms with Gasteiger partial charge in [-0.15, -0.1) is 0 Å². The van der Waals surface area contributed by atoms with Crippen molar-refractivity contribution in [2.45, 2.75) is 118 Å². The highest BCUT2D eigenvalue weighted by atomic mass is 16.6. The summed E-state index contributed by atoms with van der Waals surface area (Å²) in [6.07, 6.45) is 5.37. The Morgan fingerprint density at radius 1 is 1.06 bits per heavy atom. The minimum atomic E-state index is -0.804. The standard InChI is InChI=1S/C29H47N3O4/c1-9-19(3)24(31-28(35)36-29(6,7)8)27(34)32(10-2)25(22-17-16-20(4)21(5)18-22)26(33)30-23-14-12-11-13-15-23/h16-19,23-25H,9-15H2,1-8H3,(H,30,33)(H,31,35). The van der Waals surface area contributed by atoms with E-state index in [0.717, 1.165) is 42.4 Å². The number of nitrogens with zero attached hydrogens (tertiary/aromatic N) is 1. The first-order chi connectivity index (χ1) is 16.9. The van der Waals surface area contributed by atoms with Crippen LogP contribution in [0.3, 0.4) is 0 Å². The van der Waals surface area contributed by atoms with E-state index in [4.69, 9.17) is 4.74 Å². The first-order valence-corrected chi connectivity index (χ1v) is 13.5. The first-order valence-electron chi connectivity index (χ1n) is 13.5. The fraction of sp³-hybridized carbons (Fsp3) is 0.690. The fourth-order valence-corrected chi connectivity index (χ4v) is 4.70. The number of alkyl carbamates (subject to hydrolysis) is 1. The Balaban J connectivity index is 2.42. The smallest absolute Gasteiger partial charge is 0.408 e. The Kier molecular flexibility index (Phi) is 10.8. The van der Waals surface area contributed by atoms with Gasteiger partial charge in [-0.3, -0.25) is 9.59 Å². The molecule has 3 unspecified atom stereocenters. The minimum absolute atomic E-state index is 0.124. The Bertz CT molecular complexity index is 902. The minimum Gasteiger partial charge on any atom is -0.444 e. The van der Waals surface area contributed by atoms with Gasteiger partial charge in [0, 0.05) is 12.6 Å². The molecule has 0 heterocycles. The molecule has 202 valence electrons. The van der Waals surface area contributed by atoms with Crippen molar-refractivity contribution in [3.63, 3.8) is 0 Å². The van der Waals surface area contributed by atoms with Crippen molar-refractivity contribution in [1.82, 2.24) is 15.5 Å². The molecule has 1 saturated carbocycles. The fourth-order valence-electron chi connectivity index (χ4n) is 4.70. The largest absolute Gasteiger partial charge is 0.444 e. The van der Waals surface area contributed by atoms with Crippen LogP contribution >= 0.6 is 0 Å². The van der Waals surface area contributed by atoms with E-state index in [0.29, 0.717) is 13.0 Å². The molecule has 0 aliphatic heterocycles. The molecule has 1 aromatic rings. The van der Waals surface area contributed by atoms with Gasteiger partial charge in [-0.25, -0.2) is 4.79 Å². The zero-order chi connectivity index (χ0) is 27.0. The molecular weight excluding hydrogens is 454 g/mol. The molecule has 0 aromatic heterocycles. The highest BCUT2D eigenvalue weighted by Crippen LogP contribution is 2.27. The Labute approximate surface area is 217 Å². The molecule has 0 radical (unpaired) electrons. The molecule has 3 amide bonds. The number of hydrogen-bond donors (Lipinski definition) is 2. The monoisotopic (exact) mass is 501 g/mol. The number of likely N-dealkylation sites (N-methyl/N-ethyl adjacent to an activating group) is 1. The molecule has 3 atom stereocenters. The van der Waals surface area contributed by atoms with E-state index < -0.39 is 23.8 Å². The van der Waals surface area contributed by atoms with E-state index >= 15 is 0 Å². The van der Waals surface area contributed by atoms with Gasteiger partial charge in [0.25, 0.3) is 0 Å². The summed E-state index contributed by atoms with van der Waals surface area (Å²) in [5, 5.41) is 6.03. The molecule has 1 aliphatic carbocycles. The maximum atomic E-state index is 14.0. The summed E-state index contributed by atoms with van der Waals surface area (Å²) in [6, 6.07) is 4.46. The molecule has 2 N–H and O–H groups in total. The highest BCUT2D eigenvalue weighted by molar-refractivity contribution is 5.92. The van der Waals surface area contributed by atoms with E-state index in [1.807, 2.05) is 52.8 Å². The molecule has 1 aromatic carbocycles. The third-order valence-corrected chi connectivity index (χ3v) is 7.13. The first kappa shape index (κ1) is 29.7. The van der Waals surface area contributed by atoms with E-state index in [1.54, 1.807) is 25.7 Å². The van der Waals surface area contributed by atoms with E-state index in [-0.39, 0.29) is 23.8 Å². The average molecular weight is 502 g/mol. The van der Waals surface area contributed by atoms with Crippen molar-refractivity contribution in [3.8, 4) is 0 Å². The van der Waals surface area contributed by atoms with E-state index in [2.05, 4.69) is 10.6 Å². The van der Waals surface area contributed by atoms with Crippen LogP contribution in [-0.4, -0.2) is 47.0 Å². The topological polar surface area (TPSA) is 87.7 Å². The van der Waals surface area contributed by atoms with Gasteiger partial charge in [-0.05, 0) is 77.0 Å². The second-order valence-electron chi connectivity index (χ2n) is 11.2. The van der Waals surface area contributed by atoms with Gasteiger partial charge >= 0.3 is 6.09 Å². The quantitative estimate of drug-likeness (QED) is 0.462. The second kappa shape index (κ2) is 13.1. The second-order valence-corrected chi connectivity index (χ2v) is 11.2. The van der Waals surface area contributed by atoms with Gasteiger partial charge < -0.3 is 20.3 Å². The summed E-state index contributed by atoms with van der Waals surface area (Å²) in [4.78, 5) is 42.0. The Hall–Kier alpha value is -2.57. The van der Waals surface area contributed by atoms with E-state index in [9.17, 15) is 14.4 Å². The maximum absolute atomic E-state index is 14.0. The van der Waals surface area contributed by atoms with Gasteiger partial charge in [0.1, 0.15) is 17.7 Å². The summed E-state index contributed by atoms with van der Waals surface area (Å²) in [6.45, 7) is 15.5. The summed E-state index contributed by atoms with van der Waals surface area (Å²) < 4.78 is 5.45. The van der Waals surface area contributed by atoms with E-state index in [1.165, 1.54) is 6.42 Å². The number of ether oxygens (including phenoxy) is 1. The van der Waals surface area contributed by atoms with Crippen LogP contribution < -0.4 is 10.6 Å². The summed E-state index contributed by atoms with van der Waals surface area (Å²) >= 11 is 0. The third-order valence-electron chi connectivity index (χ3n) is 7.13. The van der Waals surface area contributed by atoms with Crippen molar-refractivity contribution in [3.05, 3.63) is 34.9 Å². The normalized spacial score (nSPS) is 17.0. The third kappa shape index (κ3) is 8.24. The molecule has 36 heavy (non-hydrogen) atoms. The molecule has 7 nitrogen and oxygen atoms in total. The highest BCUT2D eigenvalue weighted by Gasteiger charge is 2.38. The predicted octanol–water partition coefficient (Wildman–Crippen LogP) is 5.58. The molecule has 1 fully saturated rings. The van der Waals surface area contributed by atoms with Crippen molar-refractivity contribution < 1.29 is 19.1 Å². The Morgan fingerprint density at radius 3 is 2.22 bits per heavy atom. The van der Waals surface area contributed by atoms with Crippen LogP contribution in [0.4, 0.5) is 4.79 Å². The zero-order valence-corrected chi connectivity index (χ0v) is 23.6. The summed E-state index contributed by atoms with van der Waals surface area (Å²) in [7, 11) is 0. The molecular formula is C29H47N3O4. The SMILES string of the molecule is CCC(C)C(NC(=O)OC(C)(C)C)C(=O)N(CC)C(C(=O)NC1CCCCC1)c1ccc(C)c(C)c1. The average Bonchev–Trinajstić information content (AvgIpc) is 2.81. The molecule has 0 spiro atoms. The lowest BCUT2D eigenvalue weighted by Crippen LogP contribution is -2.55. The number of rotatable bonds is 9. The maximum Gasteiger partial charge on any atom is 0.408 e. The van der Waals surface area contributed by atoms with Crippen LogP contribution in [0.5, 0.6) is 0 Å². The van der Waals surface area contributed by atoms with Crippen LogP contribution in [0.2, 0.25) is 0 Å². The molecule has 0 saturated heterocycles.